The number of carbonyl (C=O) groups is 2. The van der Waals surface area contributed by atoms with E-state index in [2.05, 4.69) is 18.5 Å². The predicted octanol–water partition coefficient (Wildman–Crippen LogP) is 1.32. The molecule has 0 saturated carbocycles. The molecule has 2 heterocycles. The van der Waals surface area contributed by atoms with Gasteiger partial charge in [-0.15, -0.1) is 13.2 Å². The minimum absolute atomic E-state index is 0.0423. The van der Waals surface area contributed by atoms with Gasteiger partial charge in [-0.3, -0.25) is 14.5 Å². The number of nitrogens with one attached hydrogen (secondary N) is 1. The standard InChI is InChI=1S/C17H27N3O2/c1-4-7-17(8-5-2)9-6-11-20(17)15(21)13-14-16(22)18-10-12-19(14)3/h4-5,14H,1-2,6-13H2,3H3,(H,18,22). The molecule has 1 unspecified atom stereocenters. The van der Waals surface area contributed by atoms with E-state index < -0.39 is 0 Å². The number of piperazine rings is 1. The average Bonchev–Trinajstić information content (AvgIpc) is 2.87. The van der Waals surface area contributed by atoms with Crippen molar-refractivity contribution in [3.05, 3.63) is 25.3 Å². The molecule has 122 valence electrons. The molecule has 2 rings (SSSR count). The van der Waals surface area contributed by atoms with Gasteiger partial charge in [0.05, 0.1) is 12.5 Å². The van der Waals surface area contributed by atoms with E-state index in [1.807, 2.05) is 29.0 Å². The van der Waals surface area contributed by atoms with Crippen molar-refractivity contribution in [2.75, 3.05) is 26.7 Å². The van der Waals surface area contributed by atoms with E-state index in [0.717, 1.165) is 38.8 Å². The zero-order chi connectivity index (χ0) is 16.2. The monoisotopic (exact) mass is 305 g/mol. The second-order valence-electron chi connectivity index (χ2n) is 6.35. The zero-order valence-corrected chi connectivity index (χ0v) is 13.5. The molecule has 0 radical (unpaired) electrons. The molecule has 0 bridgehead atoms. The lowest BCUT2D eigenvalue weighted by atomic mass is 9.87. The number of hydrogen-bond donors (Lipinski definition) is 1. The van der Waals surface area contributed by atoms with Crippen LogP contribution >= 0.6 is 0 Å². The molecular weight excluding hydrogens is 278 g/mol. The fraction of sp³-hybridized carbons (Fsp3) is 0.647. The van der Waals surface area contributed by atoms with Gasteiger partial charge in [0.1, 0.15) is 0 Å². The van der Waals surface area contributed by atoms with Gasteiger partial charge in [0.15, 0.2) is 0 Å². The van der Waals surface area contributed by atoms with E-state index in [1.54, 1.807) is 0 Å². The van der Waals surface area contributed by atoms with Gasteiger partial charge in [-0.1, -0.05) is 12.2 Å². The van der Waals surface area contributed by atoms with Crippen LogP contribution in [0.25, 0.3) is 0 Å². The molecule has 0 aromatic rings. The van der Waals surface area contributed by atoms with E-state index in [-0.39, 0.29) is 29.8 Å². The first-order valence-electron chi connectivity index (χ1n) is 8.04. The largest absolute Gasteiger partial charge is 0.353 e. The van der Waals surface area contributed by atoms with E-state index in [4.69, 9.17) is 0 Å². The molecule has 5 heteroatoms. The van der Waals surface area contributed by atoms with Crippen molar-refractivity contribution in [3.8, 4) is 0 Å². The van der Waals surface area contributed by atoms with Gasteiger partial charge < -0.3 is 10.2 Å². The van der Waals surface area contributed by atoms with Crippen molar-refractivity contribution in [1.29, 1.82) is 0 Å². The summed E-state index contributed by atoms with van der Waals surface area (Å²) in [7, 11) is 1.90. The topological polar surface area (TPSA) is 52.7 Å². The van der Waals surface area contributed by atoms with Crippen LogP contribution in [0.5, 0.6) is 0 Å². The third-order valence-corrected chi connectivity index (χ3v) is 4.91. The predicted molar refractivity (Wildman–Crippen MR) is 87.4 cm³/mol. The molecule has 5 nitrogen and oxygen atoms in total. The molecule has 2 saturated heterocycles. The van der Waals surface area contributed by atoms with Gasteiger partial charge in [-0.05, 0) is 32.7 Å². The van der Waals surface area contributed by atoms with Crippen LogP contribution in [0.4, 0.5) is 0 Å². The normalized spacial score (nSPS) is 24.9. The Morgan fingerprint density at radius 1 is 1.36 bits per heavy atom. The number of carbonyl (C=O) groups excluding carboxylic acids is 2. The smallest absolute Gasteiger partial charge is 0.237 e. The molecule has 22 heavy (non-hydrogen) atoms. The van der Waals surface area contributed by atoms with Crippen molar-refractivity contribution in [2.45, 2.75) is 43.7 Å². The van der Waals surface area contributed by atoms with E-state index in [9.17, 15) is 9.59 Å². The Morgan fingerprint density at radius 3 is 2.64 bits per heavy atom. The van der Waals surface area contributed by atoms with Crippen molar-refractivity contribution in [1.82, 2.24) is 15.1 Å². The van der Waals surface area contributed by atoms with Crippen LogP contribution in [0.3, 0.4) is 0 Å². The van der Waals surface area contributed by atoms with E-state index in [1.165, 1.54) is 0 Å². The molecule has 0 aliphatic carbocycles. The Bertz CT molecular complexity index is 451. The van der Waals surface area contributed by atoms with Crippen LogP contribution in [0, 0.1) is 0 Å². The van der Waals surface area contributed by atoms with Crippen molar-refractivity contribution < 1.29 is 9.59 Å². The fourth-order valence-corrected chi connectivity index (χ4v) is 3.73. The fourth-order valence-electron chi connectivity index (χ4n) is 3.73. The van der Waals surface area contributed by atoms with Gasteiger partial charge in [0.25, 0.3) is 0 Å². The SMILES string of the molecule is C=CCC1(CC=C)CCCN1C(=O)CC1C(=O)NCCN1C. The third-order valence-electron chi connectivity index (χ3n) is 4.91. The molecule has 2 fully saturated rings. The highest BCUT2D eigenvalue weighted by Gasteiger charge is 2.42. The Labute approximate surface area is 133 Å². The Morgan fingerprint density at radius 2 is 2.05 bits per heavy atom. The molecule has 2 amide bonds. The number of hydrogen-bond acceptors (Lipinski definition) is 3. The molecule has 2 aliphatic rings. The molecule has 0 aromatic carbocycles. The molecular formula is C17H27N3O2. The molecule has 1 N–H and O–H groups in total. The van der Waals surface area contributed by atoms with Crippen molar-refractivity contribution in [3.63, 3.8) is 0 Å². The first kappa shape index (κ1) is 16.7. The lowest BCUT2D eigenvalue weighted by Crippen LogP contribution is -2.56. The van der Waals surface area contributed by atoms with Crippen molar-refractivity contribution in [2.24, 2.45) is 0 Å². The van der Waals surface area contributed by atoms with E-state index >= 15 is 0 Å². The quantitative estimate of drug-likeness (QED) is 0.753. The van der Waals surface area contributed by atoms with Crippen LogP contribution in [-0.2, 0) is 9.59 Å². The van der Waals surface area contributed by atoms with Gasteiger partial charge in [-0.25, -0.2) is 0 Å². The second kappa shape index (κ2) is 7.09. The number of nitrogens with zero attached hydrogens (tertiary/aromatic N) is 2. The maximum absolute atomic E-state index is 12.8. The summed E-state index contributed by atoms with van der Waals surface area (Å²) in [5, 5.41) is 2.85. The number of amides is 2. The van der Waals surface area contributed by atoms with E-state index in [0.29, 0.717) is 6.54 Å². The Kier molecular flexibility index (Phi) is 5.40. The summed E-state index contributed by atoms with van der Waals surface area (Å²) in [5.41, 5.74) is -0.190. The lowest BCUT2D eigenvalue weighted by Gasteiger charge is -2.39. The maximum atomic E-state index is 12.8. The highest BCUT2D eigenvalue weighted by atomic mass is 16.2. The lowest BCUT2D eigenvalue weighted by molar-refractivity contribution is -0.141. The summed E-state index contributed by atoms with van der Waals surface area (Å²) in [6, 6.07) is -0.355. The van der Waals surface area contributed by atoms with Crippen molar-refractivity contribution >= 4 is 11.8 Å². The molecule has 0 spiro atoms. The second-order valence-corrected chi connectivity index (χ2v) is 6.35. The summed E-state index contributed by atoms with van der Waals surface area (Å²) in [5.74, 6) is 0.0226. The first-order chi connectivity index (χ1) is 10.5. The Balaban J connectivity index is 2.11. The van der Waals surface area contributed by atoms with Crippen LogP contribution in [0.2, 0.25) is 0 Å². The zero-order valence-electron chi connectivity index (χ0n) is 13.5. The summed E-state index contributed by atoms with van der Waals surface area (Å²) in [6.45, 7) is 9.88. The first-order valence-corrected chi connectivity index (χ1v) is 8.04. The third kappa shape index (κ3) is 3.24. The minimum atomic E-state index is -0.355. The summed E-state index contributed by atoms with van der Waals surface area (Å²) < 4.78 is 0. The summed E-state index contributed by atoms with van der Waals surface area (Å²) in [4.78, 5) is 28.8. The average molecular weight is 305 g/mol. The highest BCUT2D eigenvalue weighted by molar-refractivity contribution is 5.89. The van der Waals surface area contributed by atoms with Gasteiger partial charge in [0, 0.05) is 25.2 Å². The number of likely N-dealkylation sites (N-methyl/N-ethyl adjacent to an activating group) is 1. The summed E-state index contributed by atoms with van der Waals surface area (Å²) >= 11 is 0. The molecule has 1 atom stereocenters. The molecule has 2 aliphatic heterocycles. The van der Waals surface area contributed by atoms with Gasteiger partial charge >= 0.3 is 0 Å². The van der Waals surface area contributed by atoms with Crippen LogP contribution in [0.15, 0.2) is 25.3 Å². The van der Waals surface area contributed by atoms with Crippen LogP contribution in [0.1, 0.15) is 32.1 Å². The minimum Gasteiger partial charge on any atom is -0.353 e. The van der Waals surface area contributed by atoms with Crippen LogP contribution in [-0.4, -0.2) is 59.9 Å². The van der Waals surface area contributed by atoms with Gasteiger partial charge in [0.2, 0.25) is 11.8 Å². The van der Waals surface area contributed by atoms with Gasteiger partial charge in [-0.2, -0.15) is 0 Å². The Hall–Kier alpha value is -1.62. The number of likely N-dealkylation sites (tertiary alicyclic amines) is 1. The highest BCUT2D eigenvalue weighted by Crippen LogP contribution is 2.37. The summed E-state index contributed by atoms with van der Waals surface area (Å²) in [6.07, 6.45) is 7.54. The number of rotatable bonds is 6. The molecule has 0 aromatic heterocycles. The maximum Gasteiger partial charge on any atom is 0.237 e. The van der Waals surface area contributed by atoms with Crippen LogP contribution < -0.4 is 5.32 Å².